The van der Waals surface area contributed by atoms with Gasteiger partial charge in [0, 0.05) is 32.2 Å². The summed E-state index contributed by atoms with van der Waals surface area (Å²) in [6.07, 6.45) is 1.77. The molecule has 26 heavy (non-hydrogen) atoms. The Morgan fingerprint density at radius 1 is 1.31 bits per heavy atom. The molecule has 0 aliphatic carbocycles. The van der Waals surface area contributed by atoms with Gasteiger partial charge in [0.25, 0.3) is 5.56 Å². The minimum absolute atomic E-state index is 0.0253. The maximum atomic E-state index is 12.7. The van der Waals surface area contributed by atoms with E-state index in [1.54, 1.807) is 18.2 Å². The fraction of sp³-hybridized carbons (Fsp3) is 0.389. The van der Waals surface area contributed by atoms with Crippen LogP contribution in [0.25, 0.3) is 0 Å². The van der Waals surface area contributed by atoms with Gasteiger partial charge in [-0.25, -0.2) is 9.59 Å². The van der Waals surface area contributed by atoms with E-state index in [1.807, 2.05) is 4.90 Å². The van der Waals surface area contributed by atoms with Gasteiger partial charge in [0.15, 0.2) is 0 Å². The summed E-state index contributed by atoms with van der Waals surface area (Å²) in [6, 6.07) is 7.94. The summed E-state index contributed by atoms with van der Waals surface area (Å²) in [6.45, 7) is 1.31. The molecule has 8 heteroatoms. The van der Waals surface area contributed by atoms with Crippen LogP contribution in [0.2, 0.25) is 0 Å². The molecule has 1 saturated heterocycles. The summed E-state index contributed by atoms with van der Waals surface area (Å²) in [4.78, 5) is 38.3. The average Bonchev–Trinajstić information content (AvgIpc) is 2.62. The van der Waals surface area contributed by atoms with Crippen molar-refractivity contribution in [1.82, 2.24) is 9.13 Å². The highest BCUT2D eigenvalue weighted by atomic mass is 16.4. The number of anilines is 1. The highest BCUT2D eigenvalue weighted by molar-refractivity contribution is 5.89. The van der Waals surface area contributed by atoms with Gasteiger partial charge < -0.3 is 15.7 Å². The van der Waals surface area contributed by atoms with E-state index in [2.05, 4.69) is 0 Å². The Morgan fingerprint density at radius 2 is 2.04 bits per heavy atom. The first-order valence-corrected chi connectivity index (χ1v) is 8.51. The molecule has 3 rings (SSSR count). The summed E-state index contributed by atoms with van der Waals surface area (Å²) in [7, 11) is 1.41. The minimum atomic E-state index is -1.06. The van der Waals surface area contributed by atoms with Crippen LogP contribution in [0.4, 0.5) is 5.82 Å². The Morgan fingerprint density at radius 3 is 2.73 bits per heavy atom. The molecular weight excluding hydrogens is 336 g/mol. The van der Waals surface area contributed by atoms with Crippen LogP contribution in [0.15, 0.2) is 39.9 Å². The fourth-order valence-corrected chi connectivity index (χ4v) is 3.32. The highest BCUT2D eigenvalue weighted by Gasteiger charge is 2.22. The molecular formula is C18H22N4O4. The van der Waals surface area contributed by atoms with Gasteiger partial charge in [0.1, 0.15) is 5.82 Å². The summed E-state index contributed by atoms with van der Waals surface area (Å²) in [5.41, 5.74) is 5.81. The van der Waals surface area contributed by atoms with Gasteiger partial charge in [-0.15, -0.1) is 0 Å². The Labute approximate surface area is 150 Å². The van der Waals surface area contributed by atoms with E-state index in [-0.39, 0.29) is 18.2 Å². The molecule has 1 aliphatic rings. The van der Waals surface area contributed by atoms with Crippen molar-refractivity contribution in [3.8, 4) is 0 Å². The first-order chi connectivity index (χ1) is 12.4. The summed E-state index contributed by atoms with van der Waals surface area (Å²) < 4.78 is 2.47. The van der Waals surface area contributed by atoms with Crippen LogP contribution in [0.3, 0.4) is 0 Å². The Hall–Kier alpha value is -2.87. The monoisotopic (exact) mass is 358 g/mol. The first kappa shape index (κ1) is 17.9. The molecule has 8 nitrogen and oxygen atoms in total. The van der Waals surface area contributed by atoms with E-state index in [4.69, 9.17) is 5.73 Å². The van der Waals surface area contributed by atoms with Gasteiger partial charge in [0.2, 0.25) is 0 Å². The average molecular weight is 358 g/mol. The van der Waals surface area contributed by atoms with Crippen molar-refractivity contribution in [3.05, 3.63) is 62.3 Å². The second-order valence-electron chi connectivity index (χ2n) is 6.58. The van der Waals surface area contributed by atoms with Gasteiger partial charge >= 0.3 is 11.7 Å². The topological polar surface area (TPSA) is 111 Å². The van der Waals surface area contributed by atoms with Gasteiger partial charge in [-0.05, 0) is 24.5 Å². The molecule has 0 bridgehead atoms. The van der Waals surface area contributed by atoms with Crippen LogP contribution in [-0.2, 0) is 13.6 Å². The number of carboxylic acid groups (broad SMARTS) is 1. The number of aromatic nitrogens is 2. The Kier molecular flexibility index (Phi) is 4.94. The van der Waals surface area contributed by atoms with E-state index in [0.29, 0.717) is 24.5 Å². The van der Waals surface area contributed by atoms with E-state index in [1.165, 1.54) is 23.7 Å². The number of rotatable bonds is 4. The summed E-state index contributed by atoms with van der Waals surface area (Å²) in [5, 5.41) is 9.39. The number of nitrogens with zero attached hydrogens (tertiary/aromatic N) is 3. The van der Waals surface area contributed by atoms with Crippen molar-refractivity contribution in [3.63, 3.8) is 0 Å². The number of nitrogens with two attached hydrogens (primary N) is 1. The van der Waals surface area contributed by atoms with Crippen LogP contribution in [0.5, 0.6) is 0 Å². The molecule has 1 atom stereocenters. The van der Waals surface area contributed by atoms with Crippen LogP contribution in [0, 0.1) is 0 Å². The standard InChI is InChI=1S/C18H22N4O4/c1-20-16(23)9-15(21-8-4-6-13(19)11-21)22(18(20)26)10-12-5-2-3-7-14(12)17(24)25/h2-3,5,7,9,13H,4,6,8,10-11,19H2,1H3,(H,24,25)/t13-/m1/s1. The number of aromatic carboxylic acids is 1. The van der Waals surface area contributed by atoms with Gasteiger partial charge in [-0.1, -0.05) is 18.2 Å². The fourth-order valence-electron chi connectivity index (χ4n) is 3.32. The maximum Gasteiger partial charge on any atom is 0.336 e. The largest absolute Gasteiger partial charge is 0.478 e. The molecule has 2 aromatic rings. The molecule has 0 radical (unpaired) electrons. The molecule has 0 unspecified atom stereocenters. The van der Waals surface area contributed by atoms with Gasteiger partial charge in [-0.2, -0.15) is 0 Å². The second-order valence-corrected chi connectivity index (χ2v) is 6.58. The lowest BCUT2D eigenvalue weighted by molar-refractivity contribution is 0.0695. The lowest BCUT2D eigenvalue weighted by Gasteiger charge is -2.34. The number of carboxylic acids is 1. The zero-order valence-electron chi connectivity index (χ0n) is 14.6. The third kappa shape index (κ3) is 3.41. The minimum Gasteiger partial charge on any atom is -0.478 e. The van der Waals surface area contributed by atoms with Crippen molar-refractivity contribution < 1.29 is 9.90 Å². The molecule has 0 saturated carbocycles. The molecule has 1 fully saturated rings. The molecule has 0 spiro atoms. The van der Waals surface area contributed by atoms with Crippen LogP contribution >= 0.6 is 0 Å². The lowest BCUT2D eigenvalue weighted by Crippen LogP contribution is -2.47. The Balaban J connectivity index is 2.12. The zero-order chi connectivity index (χ0) is 18.8. The predicted molar refractivity (Wildman–Crippen MR) is 97.9 cm³/mol. The second kappa shape index (κ2) is 7.17. The molecule has 0 amide bonds. The molecule has 2 heterocycles. The molecule has 1 aliphatic heterocycles. The first-order valence-electron chi connectivity index (χ1n) is 8.51. The maximum absolute atomic E-state index is 12.7. The third-order valence-corrected chi connectivity index (χ3v) is 4.74. The SMILES string of the molecule is Cn1c(=O)cc(N2CCC[C@@H](N)C2)n(Cc2ccccc2C(=O)O)c1=O. The quantitative estimate of drug-likeness (QED) is 0.809. The number of piperidine rings is 1. The third-order valence-electron chi connectivity index (χ3n) is 4.74. The zero-order valence-corrected chi connectivity index (χ0v) is 14.6. The molecule has 138 valence electrons. The predicted octanol–water partition coefficient (Wildman–Crippen LogP) is 0.221. The van der Waals surface area contributed by atoms with Crippen LogP contribution < -0.4 is 21.9 Å². The number of hydrogen-bond donors (Lipinski definition) is 2. The molecule has 1 aromatic carbocycles. The molecule has 3 N–H and O–H groups in total. The number of carbonyl (C=O) groups is 1. The van der Waals surface area contributed by atoms with Crippen molar-refractivity contribution in [2.24, 2.45) is 12.8 Å². The van der Waals surface area contributed by atoms with Crippen LogP contribution in [-0.4, -0.2) is 39.3 Å². The lowest BCUT2D eigenvalue weighted by atomic mass is 10.1. The summed E-state index contributed by atoms with van der Waals surface area (Å²) >= 11 is 0. The normalized spacial score (nSPS) is 17.3. The molecule has 1 aromatic heterocycles. The van der Waals surface area contributed by atoms with Crippen molar-refractivity contribution >= 4 is 11.8 Å². The van der Waals surface area contributed by atoms with Crippen molar-refractivity contribution in [1.29, 1.82) is 0 Å². The van der Waals surface area contributed by atoms with Gasteiger partial charge in [-0.3, -0.25) is 13.9 Å². The van der Waals surface area contributed by atoms with E-state index >= 15 is 0 Å². The number of hydrogen-bond acceptors (Lipinski definition) is 5. The van der Waals surface area contributed by atoms with Crippen molar-refractivity contribution in [2.75, 3.05) is 18.0 Å². The summed E-state index contributed by atoms with van der Waals surface area (Å²) in [5.74, 6) is -0.576. The van der Waals surface area contributed by atoms with Crippen LogP contribution in [0.1, 0.15) is 28.8 Å². The smallest absolute Gasteiger partial charge is 0.336 e. The number of benzene rings is 1. The Bertz CT molecular complexity index is 947. The van der Waals surface area contributed by atoms with E-state index < -0.39 is 17.2 Å². The van der Waals surface area contributed by atoms with Gasteiger partial charge in [0.05, 0.1) is 12.1 Å². The highest BCUT2D eigenvalue weighted by Crippen LogP contribution is 2.19. The van der Waals surface area contributed by atoms with Crippen molar-refractivity contribution in [2.45, 2.75) is 25.4 Å². The van der Waals surface area contributed by atoms with E-state index in [0.717, 1.165) is 17.4 Å². The van der Waals surface area contributed by atoms with E-state index in [9.17, 15) is 19.5 Å².